The Labute approximate surface area is 133 Å². The van der Waals surface area contributed by atoms with Gasteiger partial charge in [0.15, 0.2) is 0 Å². The average Bonchev–Trinajstić information content (AvgIpc) is 2.67. The molecule has 2 rings (SSSR count). The molecular weight excluding hydrogens is 256 g/mol. The second kappa shape index (κ2) is 7.97. The molecule has 0 bridgehead atoms. The molecule has 2 heteroatoms. The van der Waals surface area contributed by atoms with Crippen molar-refractivity contribution in [3.8, 4) is 0 Å². The molecule has 0 aromatic rings. The van der Waals surface area contributed by atoms with Gasteiger partial charge >= 0.3 is 0 Å². The zero-order valence-electron chi connectivity index (χ0n) is 15.1. The van der Waals surface area contributed by atoms with Crippen molar-refractivity contribution in [3.05, 3.63) is 0 Å². The van der Waals surface area contributed by atoms with Gasteiger partial charge in [-0.3, -0.25) is 0 Å². The van der Waals surface area contributed by atoms with Gasteiger partial charge in [0, 0.05) is 12.6 Å². The molecule has 0 spiro atoms. The van der Waals surface area contributed by atoms with Gasteiger partial charge in [-0.2, -0.15) is 0 Å². The fraction of sp³-hybridized carbons (Fsp3) is 1.00. The van der Waals surface area contributed by atoms with Crippen molar-refractivity contribution in [2.24, 2.45) is 29.6 Å². The van der Waals surface area contributed by atoms with Gasteiger partial charge in [0.05, 0.1) is 0 Å². The molecule has 2 nitrogen and oxygen atoms in total. The van der Waals surface area contributed by atoms with E-state index in [4.69, 9.17) is 0 Å². The molecule has 0 radical (unpaired) electrons. The van der Waals surface area contributed by atoms with E-state index in [2.05, 4.69) is 45.0 Å². The number of nitrogens with one attached hydrogen (secondary N) is 1. The van der Waals surface area contributed by atoms with E-state index in [0.29, 0.717) is 0 Å². The summed E-state index contributed by atoms with van der Waals surface area (Å²) in [6.07, 6.45) is 7.06. The third-order valence-electron chi connectivity index (χ3n) is 6.33. The molecule has 1 aliphatic carbocycles. The lowest BCUT2D eigenvalue weighted by atomic mass is 9.72. The van der Waals surface area contributed by atoms with Crippen molar-refractivity contribution in [2.45, 2.75) is 65.8 Å². The quantitative estimate of drug-likeness (QED) is 0.842. The molecule has 1 heterocycles. The Balaban J connectivity index is 1.90. The summed E-state index contributed by atoms with van der Waals surface area (Å²) in [4.78, 5) is 2.78. The fourth-order valence-electron chi connectivity index (χ4n) is 4.88. The fourth-order valence-corrected chi connectivity index (χ4v) is 4.88. The molecular formula is C19H38N2. The highest BCUT2D eigenvalue weighted by molar-refractivity contribution is 4.89. The first-order valence-corrected chi connectivity index (χ1v) is 9.40. The van der Waals surface area contributed by atoms with Gasteiger partial charge in [0.25, 0.3) is 0 Å². The van der Waals surface area contributed by atoms with Crippen LogP contribution in [-0.2, 0) is 0 Å². The van der Waals surface area contributed by atoms with Gasteiger partial charge in [-0.15, -0.1) is 0 Å². The van der Waals surface area contributed by atoms with Crippen LogP contribution in [0.5, 0.6) is 0 Å². The highest BCUT2D eigenvalue weighted by Crippen LogP contribution is 2.35. The summed E-state index contributed by atoms with van der Waals surface area (Å²) >= 11 is 0. The van der Waals surface area contributed by atoms with Gasteiger partial charge in [0.2, 0.25) is 0 Å². The number of hydrogen-bond acceptors (Lipinski definition) is 2. The van der Waals surface area contributed by atoms with Crippen LogP contribution in [-0.4, -0.2) is 37.6 Å². The Bertz CT molecular complexity index is 302. The highest BCUT2D eigenvalue weighted by atomic mass is 15.1. The summed E-state index contributed by atoms with van der Waals surface area (Å²) in [6, 6.07) is 0.730. The first kappa shape index (κ1) is 17.3. The van der Waals surface area contributed by atoms with Crippen LogP contribution in [0.4, 0.5) is 0 Å². The van der Waals surface area contributed by atoms with E-state index >= 15 is 0 Å². The first-order chi connectivity index (χ1) is 10.0. The minimum absolute atomic E-state index is 0.730. The monoisotopic (exact) mass is 294 g/mol. The van der Waals surface area contributed by atoms with Crippen LogP contribution in [0.15, 0.2) is 0 Å². The molecule has 0 amide bonds. The minimum atomic E-state index is 0.730. The Kier molecular flexibility index (Phi) is 6.55. The third kappa shape index (κ3) is 4.69. The van der Waals surface area contributed by atoms with E-state index in [9.17, 15) is 0 Å². The molecule has 2 fully saturated rings. The molecule has 1 aliphatic heterocycles. The zero-order valence-corrected chi connectivity index (χ0v) is 15.1. The lowest BCUT2D eigenvalue weighted by Gasteiger charge is -2.42. The number of rotatable bonds is 4. The van der Waals surface area contributed by atoms with Crippen LogP contribution in [0.3, 0.4) is 0 Å². The second-order valence-corrected chi connectivity index (χ2v) is 8.35. The summed E-state index contributed by atoms with van der Waals surface area (Å²) in [5.74, 6) is 4.43. The smallest absolute Gasteiger partial charge is 0.0110 e. The molecule has 0 aromatic heterocycles. The van der Waals surface area contributed by atoms with Crippen LogP contribution >= 0.6 is 0 Å². The molecule has 1 saturated heterocycles. The maximum absolute atomic E-state index is 3.62. The predicted molar refractivity (Wildman–Crippen MR) is 92.5 cm³/mol. The van der Waals surface area contributed by atoms with Crippen LogP contribution in [0.25, 0.3) is 0 Å². The Morgan fingerprint density at radius 1 is 1.10 bits per heavy atom. The molecule has 2 aliphatic rings. The Morgan fingerprint density at radius 3 is 2.52 bits per heavy atom. The summed E-state index contributed by atoms with van der Waals surface area (Å²) in [6.45, 7) is 13.7. The van der Waals surface area contributed by atoms with Crippen molar-refractivity contribution < 1.29 is 0 Å². The van der Waals surface area contributed by atoms with Crippen molar-refractivity contribution >= 4 is 0 Å². The second-order valence-electron chi connectivity index (χ2n) is 8.35. The van der Waals surface area contributed by atoms with E-state index in [1.165, 1.54) is 51.7 Å². The van der Waals surface area contributed by atoms with Gasteiger partial charge < -0.3 is 10.2 Å². The van der Waals surface area contributed by atoms with E-state index < -0.39 is 0 Å². The van der Waals surface area contributed by atoms with Crippen molar-refractivity contribution in [1.82, 2.24) is 10.2 Å². The summed E-state index contributed by atoms with van der Waals surface area (Å²) in [7, 11) is 2.17. The largest absolute Gasteiger partial charge is 0.317 e. The molecule has 1 N–H and O–H groups in total. The topological polar surface area (TPSA) is 15.3 Å². The third-order valence-corrected chi connectivity index (χ3v) is 6.33. The normalized spacial score (nSPS) is 39.4. The van der Waals surface area contributed by atoms with Gasteiger partial charge in [-0.05, 0) is 81.8 Å². The predicted octanol–water partition coefficient (Wildman–Crippen LogP) is 4.01. The first-order valence-electron chi connectivity index (χ1n) is 9.40. The SMILES string of the molecule is CNC1CC(C)CC(C)C1CN1CCCC(C(C)C)CC1. The summed E-state index contributed by atoms with van der Waals surface area (Å²) in [5, 5.41) is 3.62. The van der Waals surface area contributed by atoms with E-state index in [1.807, 2.05) is 0 Å². The van der Waals surface area contributed by atoms with Crippen LogP contribution < -0.4 is 5.32 Å². The average molecular weight is 295 g/mol. The standard InChI is InChI=1S/C19H38N2/c1-14(2)17-7-6-9-21(10-8-17)13-18-16(4)11-15(3)12-19(18)20-5/h14-20H,6-13H2,1-5H3. The van der Waals surface area contributed by atoms with Gasteiger partial charge in [-0.1, -0.05) is 27.7 Å². The number of hydrogen-bond donors (Lipinski definition) is 1. The van der Waals surface area contributed by atoms with E-state index in [0.717, 1.165) is 35.6 Å². The maximum Gasteiger partial charge on any atom is 0.0110 e. The summed E-state index contributed by atoms with van der Waals surface area (Å²) < 4.78 is 0. The number of nitrogens with zero attached hydrogens (tertiary/aromatic N) is 1. The van der Waals surface area contributed by atoms with Crippen molar-refractivity contribution in [3.63, 3.8) is 0 Å². The lowest BCUT2D eigenvalue weighted by Crippen LogP contribution is -2.48. The van der Waals surface area contributed by atoms with Gasteiger partial charge in [0.1, 0.15) is 0 Å². The van der Waals surface area contributed by atoms with Crippen molar-refractivity contribution in [1.29, 1.82) is 0 Å². The lowest BCUT2D eigenvalue weighted by molar-refractivity contribution is 0.105. The molecule has 0 aromatic carbocycles. The molecule has 21 heavy (non-hydrogen) atoms. The van der Waals surface area contributed by atoms with Gasteiger partial charge in [-0.25, -0.2) is 0 Å². The van der Waals surface area contributed by atoms with E-state index in [-0.39, 0.29) is 0 Å². The minimum Gasteiger partial charge on any atom is -0.317 e. The number of likely N-dealkylation sites (tertiary alicyclic amines) is 1. The van der Waals surface area contributed by atoms with Crippen molar-refractivity contribution in [2.75, 3.05) is 26.7 Å². The van der Waals surface area contributed by atoms with Crippen LogP contribution in [0.1, 0.15) is 59.8 Å². The zero-order chi connectivity index (χ0) is 15.4. The summed E-state index contributed by atoms with van der Waals surface area (Å²) in [5.41, 5.74) is 0. The van der Waals surface area contributed by atoms with E-state index in [1.54, 1.807) is 0 Å². The molecule has 1 saturated carbocycles. The molecule has 5 atom stereocenters. The Hall–Kier alpha value is -0.0800. The molecule has 124 valence electrons. The maximum atomic E-state index is 3.62. The molecule has 5 unspecified atom stereocenters. The highest BCUT2D eigenvalue weighted by Gasteiger charge is 2.34. The Morgan fingerprint density at radius 2 is 1.86 bits per heavy atom. The van der Waals surface area contributed by atoms with Crippen LogP contribution in [0.2, 0.25) is 0 Å². The van der Waals surface area contributed by atoms with Crippen LogP contribution in [0, 0.1) is 29.6 Å².